The Hall–Kier alpha value is -3.42. The van der Waals surface area contributed by atoms with Crippen molar-refractivity contribution < 1.29 is 18.8 Å². The molecule has 0 saturated heterocycles. The number of nitrogens with one attached hydrogen (secondary N) is 1. The van der Waals surface area contributed by atoms with Gasteiger partial charge in [-0.1, -0.05) is 11.2 Å². The van der Waals surface area contributed by atoms with Crippen molar-refractivity contribution in [2.45, 2.75) is 31.7 Å². The van der Waals surface area contributed by atoms with E-state index in [1.165, 1.54) is 0 Å². The first-order valence-corrected chi connectivity index (χ1v) is 9.07. The fourth-order valence-electron chi connectivity index (χ4n) is 3.01. The molecule has 0 atom stereocenters. The summed E-state index contributed by atoms with van der Waals surface area (Å²) in [4.78, 5) is 20.7. The van der Waals surface area contributed by atoms with Crippen molar-refractivity contribution in [3.8, 4) is 17.4 Å². The highest BCUT2D eigenvalue weighted by Crippen LogP contribution is 2.39. The molecule has 144 valence electrons. The molecule has 1 aliphatic rings. The van der Waals surface area contributed by atoms with Gasteiger partial charge in [0.2, 0.25) is 11.8 Å². The molecule has 1 fully saturated rings. The molecular weight excluding hydrogens is 360 g/mol. The number of aryl methyl sites for hydroxylation is 1. The van der Waals surface area contributed by atoms with Crippen LogP contribution in [0.25, 0.3) is 0 Å². The van der Waals surface area contributed by atoms with E-state index in [-0.39, 0.29) is 12.5 Å². The molecule has 0 aliphatic heterocycles. The first-order chi connectivity index (χ1) is 13.6. The Balaban J connectivity index is 1.31. The second-order valence-corrected chi connectivity index (χ2v) is 6.65. The van der Waals surface area contributed by atoms with Crippen LogP contribution in [0.15, 0.2) is 53.2 Å². The maximum absolute atomic E-state index is 12.4. The maximum Gasteiger partial charge on any atom is 0.258 e. The number of hydrogen-bond donors (Lipinski definition) is 1. The van der Waals surface area contributed by atoms with Gasteiger partial charge >= 0.3 is 0 Å². The van der Waals surface area contributed by atoms with Crippen LogP contribution in [0.5, 0.6) is 17.4 Å². The zero-order valence-electron chi connectivity index (χ0n) is 15.4. The highest BCUT2D eigenvalue weighted by Gasteiger charge is 2.44. The average molecular weight is 380 g/mol. The number of carbonyl (C=O) groups excluding carboxylic acids is 1. The van der Waals surface area contributed by atoms with E-state index in [1.807, 2.05) is 12.1 Å². The molecule has 0 unspecified atom stereocenters. The van der Waals surface area contributed by atoms with E-state index in [0.29, 0.717) is 29.1 Å². The number of hydrogen-bond acceptors (Lipinski definition) is 7. The molecule has 2 aromatic heterocycles. The topological polar surface area (TPSA) is 99.4 Å². The summed E-state index contributed by atoms with van der Waals surface area (Å²) < 4.78 is 16.3. The molecule has 3 aromatic rings. The summed E-state index contributed by atoms with van der Waals surface area (Å²) >= 11 is 0. The number of carbonyl (C=O) groups is 1. The maximum atomic E-state index is 12.4. The van der Waals surface area contributed by atoms with Crippen molar-refractivity contribution in [1.29, 1.82) is 0 Å². The fraction of sp³-hybridized carbons (Fsp3) is 0.300. The second-order valence-electron chi connectivity index (χ2n) is 6.65. The lowest BCUT2D eigenvalue weighted by molar-refractivity contribution is -0.126. The Morgan fingerprint density at radius 1 is 1.18 bits per heavy atom. The van der Waals surface area contributed by atoms with Gasteiger partial charge in [0.25, 0.3) is 5.91 Å². The third-order valence-electron chi connectivity index (χ3n) is 4.60. The number of aromatic nitrogens is 3. The van der Waals surface area contributed by atoms with Crippen LogP contribution >= 0.6 is 0 Å². The van der Waals surface area contributed by atoms with Crippen molar-refractivity contribution in [2.75, 3.05) is 6.61 Å². The van der Waals surface area contributed by atoms with Crippen LogP contribution in [-0.4, -0.2) is 27.6 Å². The molecule has 0 radical (unpaired) electrons. The molecule has 1 aromatic carbocycles. The van der Waals surface area contributed by atoms with Gasteiger partial charge in [0, 0.05) is 19.2 Å². The van der Waals surface area contributed by atoms with E-state index in [4.69, 9.17) is 14.0 Å². The Bertz CT molecular complexity index is 936. The summed E-state index contributed by atoms with van der Waals surface area (Å²) in [6.45, 7) is 1.63. The molecule has 1 N–H and O–H groups in total. The van der Waals surface area contributed by atoms with E-state index in [2.05, 4.69) is 20.4 Å². The van der Waals surface area contributed by atoms with E-state index in [0.717, 1.165) is 19.3 Å². The predicted molar refractivity (Wildman–Crippen MR) is 99.0 cm³/mol. The van der Waals surface area contributed by atoms with Crippen LogP contribution in [-0.2, 0) is 10.3 Å². The van der Waals surface area contributed by atoms with E-state index in [9.17, 15) is 4.79 Å². The van der Waals surface area contributed by atoms with Crippen molar-refractivity contribution >= 4 is 5.91 Å². The first kappa shape index (κ1) is 18.0. The SMILES string of the molecule is Cc1nc(C2(NC(=O)COc3ccc(Oc4ccccn4)cc3)CCC2)no1. The molecule has 1 saturated carbocycles. The van der Waals surface area contributed by atoms with Crippen LogP contribution < -0.4 is 14.8 Å². The molecule has 8 heteroatoms. The molecule has 1 aliphatic carbocycles. The largest absolute Gasteiger partial charge is 0.484 e. The summed E-state index contributed by atoms with van der Waals surface area (Å²) in [5.74, 6) is 2.51. The van der Waals surface area contributed by atoms with Crippen LogP contribution in [0.2, 0.25) is 0 Å². The Morgan fingerprint density at radius 2 is 1.96 bits per heavy atom. The normalized spacial score (nSPS) is 14.8. The minimum Gasteiger partial charge on any atom is -0.484 e. The van der Waals surface area contributed by atoms with Gasteiger partial charge in [0.05, 0.1) is 0 Å². The summed E-state index contributed by atoms with van der Waals surface area (Å²) in [6, 6.07) is 12.5. The lowest BCUT2D eigenvalue weighted by atomic mass is 9.76. The van der Waals surface area contributed by atoms with Gasteiger partial charge in [-0.15, -0.1) is 0 Å². The Kier molecular flexibility index (Phi) is 4.92. The van der Waals surface area contributed by atoms with Gasteiger partial charge in [0.1, 0.15) is 17.0 Å². The molecule has 1 amide bonds. The average Bonchev–Trinajstić information content (AvgIpc) is 3.11. The number of pyridine rings is 1. The Labute approximate surface area is 161 Å². The van der Waals surface area contributed by atoms with Gasteiger partial charge in [0.15, 0.2) is 12.4 Å². The zero-order valence-corrected chi connectivity index (χ0v) is 15.4. The summed E-state index contributed by atoms with van der Waals surface area (Å²) in [7, 11) is 0. The molecular formula is C20H20N4O4. The standard InChI is InChI=1S/C20H20N4O4/c1-14-22-19(24-28-14)20(10-4-11-20)23-17(25)13-26-15-6-8-16(9-7-15)27-18-5-2-3-12-21-18/h2-3,5-9,12H,4,10-11,13H2,1H3,(H,23,25). The van der Waals surface area contributed by atoms with Crippen LogP contribution in [0.3, 0.4) is 0 Å². The second kappa shape index (κ2) is 7.67. The first-order valence-electron chi connectivity index (χ1n) is 9.07. The lowest BCUT2D eigenvalue weighted by Gasteiger charge is -2.39. The molecule has 28 heavy (non-hydrogen) atoms. The van der Waals surface area contributed by atoms with Crippen molar-refractivity contribution in [2.24, 2.45) is 0 Å². The Morgan fingerprint density at radius 3 is 2.57 bits per heavy atom. The molecule has 0 spiro atoms. The van der Waals surface area contributed by atoms with Gasteiger partial charge in [-0.05, 0) is 49.6 Å². The summed E-state index contributed by atoms with van der Waals surface area (Å²) in [6.07, 6.45) is 4.25. The van der Waals surface area contributed by atoms with Crippen molar-refractivity contribution in [1.82, 2.24) is 20.4 Å². The van der Waals surface area contributed by atoms with Gasteiger partial charge in [-0.3, -0.25) is 4.79 Å². The highest BCUT2D eigenvalue weighted by molar-refractivity contribution is 5.78. The summed E-state index contributed by atoms with van der Waals surface area (Å²) in [5.41, 5.74) is -0.543. The minimum absolute atomic E-state index is 0.0982. The van der Waals surface area contributed by atoms with E-state index in [1.54, 1.807) is 43.5 Å². The van der Waals surface area contributed by atoms with Crippen LogP contribution in [0.4, 0.5) is 0 Å². The van der Waals surface area contributed by atoms with Gasteiger partial charge < -0.3 is 19.3 Å². The van der Waals surface area contributed by atoms with Crippen LogP contribution in [0.1, 0.15) is 31.0 Å². The predicted octanol–water partition coefficient (Wildman–Crippen LogP) is 3.14. The number of amides is 1. The zero-order chi connectivity index (χ0) is 19.4. The quantitative estimate of drug-likeness (QED) is 0.672. The monoisotopic (exact) mass is 380 g/mol. The smallest absolute Gasteiger partial charge is 0.258 e. The highest BCUT2D eigenvalue weighted by atomic mass is 16.5. The molecule has 4 rings (SSSR count). The third-order valence-corrected chi connectivity index (χ3v) is 4.60. The van der Waals surface area contributed by atoms with Crippen molar-refractivity contribution in [3.63, 3.8) is 0 Å². The number of rotatable bonds is 7. The lowest BCUT2D eigenvalue weighted by Crippen LogP contribution is -2.52. The van der Waals surface area contributed by atoms with E-state index >= 15 is 0 Å². The number of nitrogens with zero attached hydrogens (tertiary/aromatic N) is 3. The molecule has 2 heterocycles. The fourth-order valence-corrected chi connectivity index (χ4v) is 3.01. The van der Waals surface area contributed by atoms with Crippen LogP contribution in [0, 0.1) is 6.92 Å². The molecule has 0 bridgehead atoms. The summed E-state index contributed by atoms with van der Waals surface area (Å²) in [5, 5.41) is 6.96. The number of benzene rings is 1. The van der Waals surface area contributed by atoms with Crippen molar-refractivity contribution in [3.05, 3.63) is 60.4 Å². The number of ether oxygens (including phenoxy) is 2. The molecule has 8 nitrogen and oxygen atoms in total. The van der Waals surface area contributed by atoms with Gasteiger partial charge in [-0.2, -0.15) is 4.98 Å². The third kappa shape index (κ3) is 3.95. The van der Waals surface area contributed by atoms with E-state index < -0.39 is 5.54 Å². The van der Waals surface area contributed by atoms with Gasteiger partial charge in [-0.25, -0.2) is 4.98 Å². The minimum atomic E-state index is -0.543.